The molecule has 4 aromatic heterocycles. The van der Waals surface area contributed by atoms with Gasteiger partial charge in [-0.25, -0.2) is 15.0 Å². The highest BCUT2D eigenvalue weighted by atomic mass is 32.1. The maximum atomic E-state index is 12.7. The average molecular weight is 395 g/mol. The van der Waals surface area contributed by atoms with Gasteiger partial charge in [0.25, 0.3) is 5.56 Å². The number of piperazine rings is 1. The van der Waals surface area contributed by atoms with E-state index in [1.807, 2.05) is 23.6 Å². The fourth-order valence-electron chi connectivity index (χ4n) is 3.58. The predicted molar refractivity (Wildman–Crippen MR) is 107 cm³/mol. The summed E-state index contributed by atoms with van der Waals surface area (Å²) in [6, 6.07) is 5.50. The van der Waals surface area contributed by atoms with Crippen molar-refractivity contribution >= 4 is 27.5 Å². The number of thiophene rings is 1. The lowest BCUT2D eigenvalue weighted by molar-refractivity contribution is -0.915. The Kier molecular flexibility index (Phi) is 4.38. The van der Waals surface area contributed by atoms with E-state index in [0.29, 0.717) is 17.7 Å². The molecule has 0 unspecified atom stereocenters. The molecule has 0 radical (unpaired) electrons. The molecule has 1 saturated heterocycles. The van der Waals surface area contributed by atoms with Crippen LogP contribution in [0.5, 0.6) is 0 Å². The molecule has 1 aliphatic rings. The van der Waals surface area contributed by atoms with Crippen LogP contribution in [0.1, 0.15) is 5.82 Å². The third-order valence-electron chi connectivity index (χ3n) is 5.00. The van der Waals surface area contributed by atoms with E-state index >= 15 is 0 Å². The number of hydrogen-bond acceptors (Lipinski definition) is 7. The molecule has 0 spiro atoms. The highest BCUT2D eigenvalue weighted by Gasteiger charge is 2.23. The number of aromatic amines is 1. The van der Waals surface area contributed by atoms with Crippen molar-refractivity contribution in [3.8, 4) is 11.3 Å². The Morgan fingerprint density at radius 1 is 1.21 bits per heavy atom. The highest BCUT2D eigenvalue weighted by molar-refractivity contribution is 7.17. The topological polar surface area (TPSA) is 92.3 Å². The van der Waals surface area contributed by atoms with Crippen molar-refractivity contribution in [1.29, 1.82) is 0 Å². The molecule has 0 amide bonds. The van der Waals surface area contributed by atoms with Crippen LogP contribution in [0.4, 0.5) is 5.95 Å². The van der Waals surface area contributed by atoms with Gasteiger partial charge in [0.05, 0.1) is 37.8 Å². The van der Waals surface area contributed by atoms with Crippen LogP contribution in [0.2, 0.25) is 0 Å². The lowest BCUT2D eigenvalue weighted by Crippen LogP contribution is -3.13. The lowest BCUT2D eigenvalue weighted by atomic mass is 10.2. The first-order chi connectivity index (χ1) is 13.8. The SMILES string of the molecule is O=c1[nH]c(C[NH+]2CCN(c3ncccn3)CC2)nc2scc(-c3ccco3)c12. The van der Waals surface area contributed by atoms with Crippen LogP contribution >= 0.6 is 11.3 Å². The fraction of sp³-hybridized carbons (Fsp3) is 0.263. The number of nitrogens with zero attached hydrogens (tertiary/aromatic N) is 4. The zero-order chi connectivity index (χ0) is 18.9. The summed E-state index contributed by atoms with van der Waals surface area (Å²) >= 11 is 1.48. The number of rotatable bonds is 4. The van der Waals surface area contributed by atoms with Gasteiger partial charge in [-0.3, -0.25) is 4.79 Å². The molecule has 0 atom stereocenters. The Labute approximate surface area is 164 Å². The quantitative estimate of drug-likeness (QED) is 0.534. The van der Waals surface area contributed by atoms with Crippen LogP contribution in [0, 0.1) is 0 Å². The molecule has 4 aromatic rings. The summed E-state index contributed by atoms with van der Waals surface area (Å²) in [6.07, 6.45) is 5.14. The molecule has 142 valence electrons. The van der Waals surface area contributed by atoms with E-state index in [0.717, 1.165) is 48.3 Å². The second-order valence-corrected chi connectivity index (χ2v) is 7.64. The lowest BCUT2D eigenvalue weighted by Gasteiger charge is -2.31. The highest BCUT2D eigenvalue weighted by Crippen LogP contribution is 2.30. The van der Waals surface area contributed by atoms with Gasteiger partial charge in [-0.1, -0.05) is 0 Å². The van der Waals surface area contributed by atoms with Gasteiger partial charge in [0, 0.05) is 23.3 Å². The first-order valence-corrected chi connectivity index (χ1v) is 10.1. The number of nitrogens with one attached hydrogen (secondary N) is 2. The number of H-pyrrole nitrogens is 1. The second-order valence-electron chi connectivity index (χ2n) is 6.78. The normalized spacial score (nSPS) is 15.4. The molecule has 0 aliphatic carbocycles. The van der Waals surface area contributed by atoms with E-state index < -0.39 is 0 Å². The van der Waals surface area contributed by atoms with Gasteiger partial charge < -0.3 is 19.2 Å². The molecule has 28 heavy (non-hydrogen) atoms. The van der Waals surface area contributed by atoms with Gasteiger partial charge in [-0.15, -0.1) is 11.3 Å². The molecule has 8 nitrogen and oxygen atoms in total. The summed E-state index contributed by atoms with van der Waals surface area (Å²) in [4.78, 5) is 33.3. The van der Waals surface area contributed by atoms with E-state index in [4.69, 9.17) is 9.40 Å². The molecule has 0 saturated carbocycles. The molecule has 1 fully saturated rings. The van der Waals surface area contributed by atoms with Gasteiger partial charge >= 0.3 is 0 Å². The van der Waals surface area contributed by atoms with Crippen molar-refractivity contribution in [2.75, 3.05) is 31.1 Å². The third kappa shape index (κ3) is 3.19. The minimum absolute atomic E-state index is 0.108. The summed E-state index contributed by atoms with van der Waals surface area (Å²) in [5, 5.41) is 2.53. The molecule has 9 heteroatoms. The van der Waals surface area contributed by atoms with Crippen molar-refractivity contribution in [3.63, 3.8) is 0 Å². The average Bonchev–Trinajstić information content (AvgIpc) is 3.39. The zero-order valence-electron chi connectivity index (χ0n) is 15.1. The van der Waals surface area contributed by atoms with E-state index in [9.17, 15) is 4.79 Å². The minimum atomic E-state index is -0.108. The van der Waals surface area contributed by atoms with Gasteiger partial charge in [0.1, 0.15) is 17.1 Å². The fourth-order valence-corrected chi connectivity index (χ4v) is 4.53. The molecule has 1 aliphatic heterocycles. The van der Waals surface area contributed by atoms with Gasteiger partial charge in [0.2, 0.25) is 5.95 Å². The predicted octanol–water partition coefficient (Wildman–Crippen LogP) is 0.940. The Balaban J connectivity index is 1.32. The summed E-state index contributed by atoms with van der Waals surface area (Å²) in [7, 11) is 0. The third-order valence-corrected chi connectivity index (χ3v) is 5.87. The van der Waals surface area contributed by atoms with Gasteiger partial charge in [-0.2, -0.15) is 0 Å². The van der Waals surface area contributed by atoms with Crippen LogP contribution in [-0.2, 0) is 6.54 Å². The van der Waals surface area contributed by atoms with Crippen LogP contribution < -0.4 is 15.4 Å². The first-order valence-electron chi connectivity index (χ1n) is 9.18. The van der Waals surface area contributed by atoms with E-state index in [1.165, 1.54) is 16.2 Å². The maximum Gasteiger partial charge on any atom is 0.260 e. The van der Waals surface area contributed by atoms with E-state index in [1.54, 1.807) is 18.7 Å². The molecule has 5 rings (SSSR count). The largest absolute Gasteiger partial charge is 0.464 e. The van der Waals surface area contributed by atoms with Crippen molar-refractivity contribution in [2.45, 2.75) is 6.54 Å². The molecule has 0 aromatic carbocycles. The van der Waals surface area contributed by atoms with E-state index in [2.05, 4.69) is 19.9 Å². The van der Waals surface area contributed by atoms with Crippen molar-refractivity contribution in [1.82, 2.24) is 19.9 Å². The molecular weight excluding hydrogens is 376 g/mol. The smallest absolute Gasteiger partial charge is 0.260 e. The maximum absolute atomic E-state index is 12.7. The molecule has 0 bridgehead atoms. The Morgan fingerprint density at radius 3 is 2.79 bits per heavy atom. The van der Waals surface area contributed by atoms with Crippen LogP contribution in [0.3, 0.4) is 0 Å². The van der Waals surface area contributed by atoms with Crippen molar-refractivity contribution in [2.24, 2.45) is 0 Å². The number of aromatic nitrogens is 4. The van der Waals surface area contributed by atoms with Crippen molar-refractivity contribution < 1.29 is 9.32 Å². The molecular formula is C19H19N6O2S+. The van der Waals surface area contributed by atoms with Gasteiger partial charge in [0.15, 0.2) is 5.82 Å². The minimum Gasteiger partial charge on any atom is -0.464 e. The summed E-state index contributed by atoms with van der Waals surface area (Å²) in [5.74, 6) is 2.19. The van der Waals surface area contributed by atoms with Gasteiger partial charge in [-0.05, 0) is 18.2 Å². The standard InChI is InChI=1S/C19H18N6O2S/c26-17-16-13(14-3-1-10-27-14)12-28-18(16)23-15(22-17)11-24-6-8-25(9-7-24)19-20-4-2-5-21-19/h1-5,10,12H,6-9,11H2,(H,22,23,26)/p+1. The zero-order valence-corrected chi connectivity index (χ0v) is 15.9. The van der Waals surface area contributed by atoms with Crippen molar-refractivity contribution in [3.05, 3.63) is 58.4 Å². The summed E-state index contributed by atoms with van der Waals surface area (Å²) in [5.41, 5.74) is 0.692. The molecule has 2 N–H and O–H groups in total. The van der Waals surface area contributed by atoms with E-state index in [-0.39, 0.29) is 5.56 Å². The Hall–Kier alpha value is -3.04. The summed E-state index contributed by atoms with van der Waals surface area (Å²) < 4.78 is 5.45. The molecule has 5 heterocycles. The second kappa shape index (κ2) is 7.17. The summed E-state index contributed by atoms with van der Waals surface area (Å²) in [6.45, 7) is 4.35. The Morgan fingerprint density at radius 2 is 2.04 bits per heavy atom. The van der Waals surface area contributed by atoms with Crippen LogP contribution in [-0.4, -0.2) is 46.1 Å². The monoisotopic (exact) mass is 395 g/mol. The number of anilines is 1. The number of fused-ring (bicyclic) bond motifs is 1. The number of furan rings is 1. The number of quaternary nitrogens is 1. The first kappa shape index (κ1) is 17.1. The van der Waals surface area contributed by atoms with Crippen LogP contribution in [0.25, 0.3) is 21.5 Å². The number of hydrogen-bond donors (Lipinski definition) is 2. The Bertz CT molecular complexity index is 1130. The van der Waals surface area contributed by atoms with Crippen LogP contribution in [0.15, 0.2) is 51.4 Å².